The third-order valence-electron chi connectivity index (χ3n) is 6.11. The molecule has 4 nitrogen and oxygen atoms in total. The number of hydrogen-bond acceptors (Lipinski definition) is 3. The highest BCUT2D eigenvalue weighted by Crippen LogP contribution is 2.55. The summed E-state index contributed by atoms with van der Waals surface area (Å²) < 4.78 is 27.9. The molecule has 0 radical (unpaired) electrons. The monoisotopic (exact) mass is 414 g/mol. The minimum atomic E-state index is -1.22. The number of carbonyl (C=O) groups is 2. The second-order valence-corrected chi connectivity index (χ2v) is 9.08. The van der Waals surface area contributed by atoms with Gasteiger partial charge in [-0.3, -0.25) is 9.59 Å². The van der Waals surface area contributed by atoms with E-state index in [1.165, 1.54) is 36.0 Å². The lowest BCUT2D eigenvalue weighted by Crippen LogP contribution is -2.52. The van der Waals surface area contributed by atoms with Gasteiger partial charge in [-0.25, -0.2) is 8.78 Å². The van der Waals surface area contributed by atoms with Crippen molar-refractivity contribution >= 4 is 29.3 Å². The van der Waals surface area contributed by atoms with Gasteiger partial charge in [-0.05, 0) is 48.7 Å². The summed E-state index contributed by atoms with van der Waals surface area (Å²) in [5.74, 6) is -0.511. The summed E-state index contributed by atoms with van der Waals surface area (Å²) in [6, 6.07) is 10.4. The van der Waals surface area contributed by atoms with E-state index in [-0.39, 0.29) is 30.1 Å². The van der Waals surface area contributed by atoms with Crippen LogP contribution in [0.5, 0.6) is 0 Å². The Morgan fingerprint density at radius 2 is 1.93 bits per heavy atom. The number of anilines is 1. The van der Waals surface area contributed by atoms with Gasteiger partial charge in [-0.2, -0.15) is 0 Å². The quantitative estimate of drug-likeness (QED) is 0.761. The van der Waals surface area contributed by atoms with Crippen molar-refractivity contribution in [2.24, 2.45) is 5.92 Å². The summed E-state index contributed by atoms with van der Waals surface area (Å²) >= 11 is 1.39. The molecule has 7 heteroatoms. The second-order valence-electron chi connectivity index (χ2n) is 7.79. The number of benzene rings is 2. The fourth-order valence-corrected chi connectivity index (χ4v) is 5.92. The Kier molecular flexibility index (Phi) is 4.38. The molecule has 3 aliphatic rings. The molecule has 1 spiro atoms. The van der Waals surface area contributed by atoms with Crippen molar-refractivity contribution in [1.82, 2.24) is 4.90 Å². The Morgan fingerprint density at radius 3 is 2.66 bits per heavy atom. The Bertz CT molecular complexity index is 1010. The summed E-state index contributed by atoms with van der Waals surface area (Å²) in [6.07, 6.45) is 2.70. The lowest BCUT2D eigenvalue weighted by molar-refractivity contribution is -0.145. The van der Waals surface area contributed by atoms with Crippen molar-refractivity contribution in [2.75, 3.05) is 17.2 Å². The average molecular weight is 414 g/mol. The Morgan fingerprint density at radius 1 is 1.14 bits per heavy atom. The summed E-state index contributed by atoms with van der Waals surface area (Å²) in [5, 5.41) is 0. The van der Waals surface area contributed by atoms with E-state index in [1.807, 2.05) is 0 Å². The van der Waals surface area contributed by atoms with Gasteiger partial charge in [0.2, 0.25) is 5.91 Å². The molecule has 29 heavy (non-hydrogen) atoms. The number of carbonyl (C=O) groups excluding carboxylic acids is 2. The molecule has 150 valence electrons. The van der Waals surface area contributed by atoms with Crippen LogP contribution in [-0.4, -0.2) is 29.0 Å². The van der Waals surface area contributed by atoms with E-state index in [1.54, 1.807) is 28.0 Å². The third kappa shape index (κ3) is 2.78. The largest absolute Gasteiger partial charge is 0.315 e. The predicted molar refractivity (Wildman–Crippen MR) is 107 cm³/mol. The molecule has 2 fully saturated rings. The van der Waals surface area contributed by atoms with Crippen LogP contribution in [0.1, 0.15) is 30.4 Å². The summed E-state index contributed by atoms with van der Waals surface area (Å²) in [6.45, 7) is 0.637. The van der Waals surface area contributed by atoms with Crippen LogP contribution in [0.15, 0.2) is 42.5 Å². The number of amides is 2. The molecule has 5 rings (SSSR count). The van der Waals surface area contributed by atoms with Crippen LogP contribution < -0.4 is 4.90 Å². The fraction of sp³-hybridized carbons (Fsp3) is 0.364. The van der Waals surface area contributed by atoms with E-state index >= 15 is 0 Å². The van der Waals surface area contributed by atoms with E-state index in [4.69, 9.17) is 0 Å². The first-order valence-corrected chi connectivity index (χ1v) is 10.8. The molecule has 2 aromatic rings. The van der Waals surface area contributed by atoms with Gasteiger partial charge in [0.25, 0.3) is 5.91 Å². The van der Waals surface area contributed by atoms with Crippen LogP contribution in [0, 0.1) is 17.6 Å². The SMILES string of the molecule is O=C(C1CCC1)N1CCS[C@]12C(=O)N(Cc1cccc(F)c1)c1ccc(F)cc12. The molecule has 0 aromatic heterocycles. The molecule has 2 amide bonds. The second kappa shape index (κ2) is 6.83. The molecule has 2 aromatic carbocycles. The summed E-state index contributed by atoms with van der Waals surface area (Å²) in [4.78, 5) is 28.9. The van der Waals surface area contributed by atoms with Crippen LogP contribution >= 0.6 is 11.8 Å². The lowest BCUT2D eigenvalue weighted by atomic mass is 9.84. The van der Waals surface area contributed by atoms with E-state index < -0.39 is 10.7 Å². The fourth-order valence-electron chi connectivity index (χ4n) is 4.46. The highest BCUT2D eigenvalue weighted by molar-refractivity contribution is 8.01. The van der Waals surface area contributed by atoms with Crippen LogP contribution in [-0.2, 0) is 21.0 Å². The van der Waals surface area contributed by atoms with Crippen LogP contribution in [0.2, 0.25) is 0 Å². The molecular formula is C22H20F2N2O2S. The number of hydrogen-bond donors (Lipinski definition) is 0. The normalized spacial score (nSPS) is 23.6. The molecule has 1 saturated carbocycles. The number of rotatable bonds is 3. The zero-order chi connectivity index (χ0) is 20.2. The first-order chi connectivity index (χ1) is 14.0. The molecule has 2 aliphatic heterocycles. The van der Waals surface area contributed by atoms with Gasteiger partial charge >= 0.3 is 0 Å². The van der Waals surface area contributed by atoms with E-state index in [2.05, 4.69) is 0 Å². The van der Waals surface area contributed by atoms with Gasteiger partial charge in [0.1, 0.15) is 11.6 Å². The molecule has 1 atom stereocenters. The highest BCUT2D eigenvalue weighted by atomic mass is 32.2. The van der Waals surface area contributed by atoms with Crippen molar-refractivity contribution in [3.63, 3.8) is 0 Å². The molecule has 1 saturated heterocycles. The molecule has 0 N–H and O–H groups in total. The van der Waals surface area contributed by atoms with Crippen molar-refractivity contribution in [1.29, 1.82) is 0 Å². The number of thioether (sulfide) groups is 1. The molecule has 1 aliphatic carbocycles. The molecule has 2 heterocycles. The maximum atomic E-state index is 14.2. The van der Waals surface area contributed by atoms with Crippen LogP contribution in [0.25, 0.3) is 0 Å². The first kappa shape index (κ1) is 18.6. The van der Waals surface area contributed by atoms with Gasteiger partial charge in [-0.15, -0.1) is 11.8 Å². The van der Waals surface area contributed by atoms with Gasteiger partial charge in [0, 0.05) is 23.8 Å². The average Bonchev–Trinajstić information content (AvgIpc) is 3.18. The van der Waals surface area contributed by atoms with Gasteiger partial charge < -0.3 is 9.80 Å². The first-order valence-electron chi connectivity index (χ1n) is 9.82. The van der Waals surface area contributed by atoms with Crippen molar-refractivity contribution in [2.45, 2.75) is 30.7 Å². The smallest absolute Gasteiger partial charge is 0.268 e. The molecule has 0 unspecified atom stereocenters. The van der Waals surface area contributed by atoms with Gasteiger partial charge in [0.15, 0.2) is 4.87 Å². The topological polar surface area (TPSA) is 40.6 Å². The van der Waals surface area contributed by atoms with E-state index in [9.17, 15) is 18.4 Å². The molecule has 0 bridgehead atoms. The predicted octanol–water partition coefficient (Wildman–Crippen LogP) is 4.04. The maximum Gasteiger partial charge on any atom is 0.268 e. The Balaban J connectivity index is 1.58. The standard InChI is InChI=1S/C22H20F2N2O2S/c23-16-6-1-3-14(11-16)13-25-19-8-7-17(24)12-18(19)22(21(25)28)26(9-10-29-22)20(27)15-4-2-5-15/h1,3,6-8,11-12,15H,2,4-5,9-10,13H2/t22-/m1/s1. The van der Waals surface area contributed by atoms with Crippen LogP contribution in [0.4, 0.5) is 14.5 Å². The molecular weight excluding hydrogens is 394 g/mol. The lowest BCUT2D eigenvalue weighted by Gasteiger charge is -2.37. The van der Waals surface area contributed by atoms with Crippen LogP contribution in [0.3, 0.4) is 0 Å². The number of halogens is 2. The number of fused-ring (bicyclic) bond motifs is 2. The zero-order valence-electron chi connectivity index (χ0n) is 15.7. The Labute approximate surface area is 171 Å². The minimum absolute atomic E-state index is 0.0163. The van der Waals surface area contributed by atoms with E-state index in [0.717, 1.165) is 19.3 Å². The van der Waals surface area contributed by atoms with Crippen molar-refractivity contribution in [3.05, 3.63) is 65.2 Å². The van der Waals surface area contributed by atoms with Gasteiger partial charge in [-0.1, -0.05) is 18.6 Å². The maximum absolute atomic E-state index is 14.2. The van der Waals surface area contributed by atoms with Crippen molar-refractivity contribution in [3.8, 4) is 0 Å². The zero-order valence-corrected chi connectivity index (χ0v) is 16.6. The van der Waals surface area contributed by atoms with E-state index in [0.29, 0.717) is 29.1 Å². The summed E-state index contributed by atoms with van der Waals surface area (Å²) in [7, 11) is 0. The highest BCUT2D eigenvalue weighted by Gasteiger charge is 2.60. The third-order valence-corrected chi connectivity index (χ3v) is 7.53. The minimum Gasteiger partial charge on any atom is -0.315 e. The van der Waals surface area contributed by atoms with Gasteiger partial charge in [0.05, 0.1) is 12.2 Å². The Hall–Kier alpha value is -2.41. The number of nitrogens with zero attached hydrogens (tertiary/aromatic N) is 2. The summed E-state index contributed by atoms with van der Waals surface area (Å²) in [5.41, 5.74) is 1.75. The van der Waals surface area contributed by atoms with Crippen molar-refractivity contribution < 1.29 is 18.4 Å².